The summed E-state index contributed by atoms with van der Waals surface area (Å²) in [5, 5.41) is 0. The Morgan fingerprint density at radius 2 is 1.80 bits per heavy atom. The van der Waals surface area contributed by atoms with Crippen LogP contribution in [0.4, 0.5) is 10.1 Å². The van der Waals surface area contributed by atoms with Crippen LogP contribution >= 0.6 is 24.0 Å². The first-order valence-electron chi connectivity index (χ1n) is 7.21. The summed E-state index contributed by atoms with van der Waals surface area (Å²) in [5.41, 5.74) is 1.67. The fraction of sp³-hybridized carbons (Fsp3) is 0.0556. The zero-order valence-electron chi connectivity index (χ0n) is 13.1. The van der Waals surface area contributed by atoms with Gasteiger partial charge in [-0.05, 0) is 48.0 Å². The van der Waals surface area contributed by atoms with Gasteiger partial charge < -0.3 is 4.74 Å². The van der Waals surface area contributed by atoms with Crippen molar-refractivity contribution >= 4 is 51.9 Å². The van der Waals surface area contributed by atoms with Gasteiger partial charge in [-0.25, -0.2) is 9.18 Å². The number of thioether (sulfide) groups is 1. The van der Waals surface area contributed by atoms with E-state index in [-0.39, 0.29) is 11.7 Å². The molecule has 7 heteroatoms. The van der Waals surface area contributed by atoms with E-state index < -0.39 is 5.97 Å². The summed E-state index contributed by atoms with van der Waals surface area (Å²) in [6, 6.07) is 12.3. The van der Waals surface area contributed by atoms with Gasteiger partial charge in [-0.15, -0.1) is 0 Å². The van der Waals surface area contributed by atoms with Gasteiger partial charge in [0.25, 0.3) is 5.91 Å². The number of halogens is 1. The Hall–Kier alpha value is -2.51. The summed E-state index contributed by atoms with van der Waals surface area (Å²) < 4.78 is 18.0. The first-order chi connectivity index (χ1) is 12.0. The van der Waals surface area contributed by atoms with E-state index in [9.17, 15) is 14.0 Å². The van der Waals surface area contributed by atoms with Gasteiger partial charge in [-0.2, -0.15) is 0 Å². The number of ether oxygens (including phenoxy) is 1. The van der Waals surface area contributed by atoms with Crippen molar-refractivity contribution in [2.45, 2.75) is 0 Å². The number of methoxy groups -OCH3 is 1. The van der Waals surface area contributed by atoms with Crippen molar-refractivity contribution in [3.63, 3.8) is 0 Å². The van der Waals surface area contributed by atoms with Crippen LogP contribution in [0.2, 0.25) is 0 Å². The smallest absolute Gasteiger partial charge is 0.337 e. The molecular formula is C18H12FNO3S2. The molecule has 25 heavy (non-hydrogen) atoms. The summed E-state index contributed by atoms with van der Waals surface area (Å²) in [6.07, 6.45) is 1.67. The van der Waals surface area contributed by atoms with E-state index >= 15 is 0 Å². The Kier molecular flexibility index (Phi) is 4.96. The minimum Gasteiger partial charge on any atom is -0.465 e. The molecule has 0 saturated carbocycles. The fourth-order valence-electron chi connectivity index (χ4n) is 2.27. The van der Waals surface area contributed by atoms with E-state index in [4.69, 9.17) is 12.2 Å². The minimum absolute atomic E-state index is 0.259. The third-order valence-electron chi connectivity index (χ3n) is 3.51. The zero-order chi connectivity index (χ0) is 18.0. The number of hydrogen-bond donors (Lipinski definition) is 0. The molecule has 0 N–H and O–H groups in total. The number of carbonyl (C=O) groups is 2. The summed E-state index contributed by atoms with van der Waals surface area (Å²) in [7, 11) is 1.30. The number of thiocarbonyl (C=S) groups is 1. The third kappa shape index (κ3) is 3.62. The average molecular weight is 373 g/mol. The molecule has 0 aromatic heterocycles. The molecule has 0 bridgehead atoms. The molecule has 1 aliphatic heterocycles. The molecule has 126 valence electrons. The summed E-state index contributed by atoms with van der Waals surface area (Å²) >= 11 is 6.47. The number of amides is 1. The molecule has 1 amide bonds. The maximum Gasteiger partial charge on any atom is 0.337 e. The molecule has 0 spiro atoms. The van der Waals surface area contributed by atoms with E-state index in [0.29, 0.717) is 26.0 Å². The van der Waals surface area contributed by atoms with Gasteiger partial charge in [0.05, 0.1) is 23.3 Å². The highest BCUT2D eigenvalue weighted by Gasteiger charge is 2.33. The number of carbonyl (C=O) groups excluding carboxylic acids is 2. The van der Waals surface area contributed by atoms with Crippen molar-refractivity contribution in [1.82, 2.24) is 0 Å². The van der Waals surface area contributed by atoms with Crippen LogP contribution < -0.4 is 4.90 Å². The first kappa shape index (κ1) is 17.3. The third-order valence-corrected chi connectivity index (χ3v) is 4.81. The lowest BCUT2D eigenvalue weighted by atomic mass is 10.2. The van der Waals surface area contributed by atoms with Crippen LogP contribution in [-0.2, 0) is 9.53 Å². The zero-order valence-corrected chi connectivity index (χ0v) is 14.7. The molecule has 2 aromatic carbocycles. The number of benzene rings is 2. The molecule has 0 radical (unpaired) electrons. The predicted octanol–water partition coefficient (Wildman–Crippen LogP) is 4.02. The molecule has 2 aromatic rings. The monoisotopic (exact) mass is 373 g/mol. The molecule has 1 fully saturated rings. The lowest BCUT2D eigenvalue weighted by molar-refractivity contribution is -0.113. The minimum atomic E-state index is -0.451. The van der Waals surface area contributed by atoms with Gasteiger partial charge in [0.2, 0.25) is 0 Å². The number of nitrogens with zero attached hydrogens (tertiary/aromatic N) is 1. The highest BCUT2D eigenvalue weighted by Crippen LogP contribution is 2.36. The Morgan fingerprint density at radius 1 is 1.16 bits per heavy atom. The maximum atomic E-state index is 13.0. The van der Waals surface area contributed by atoms with Crippen molar-refractivity contribution in [2.24, 2.45) is 0 Å². The average Bonchev–Trinajstić information content (AvgIpc) is 2.90. The number of rotatable bonds is 3. The Morgan fingerprint density at radius 3 is 2.40 bits per heavy atom. The molecule has 4 nitrogen and oxygen atoms in total. The SMILES string of the molecule is COC(=O)c1ccc(N2C(=O)/C(=C\c3ccc(F)cc3)SC2=S)cc1. The number of hydrogen-bond acceptors (Lipinski definition) is 5. The lowest BCUT2D eigenvalue weighted by Crippen LogP contribution is -2.27. The Balaban J connectivity index is 1.86. The van der Waals surface area contributed by atoms with Crippen LogP contribution in [0, 0.1) is 5.82 Å². The van der Waals surface area contributed by atoms with E-state index in [1.54, 1.807) is 42.5 Å². The standard InChI is InChI=1S/C18H12FNO3S2/c1-23-17(22)12-4-8-14(9-5-12)20-16(21)15(25-18(20)24)10-11-2-6-13(19)7-3-11/h2-10H,1H3/b15-10+. The number of anilines is 1. The van der Waals surface area contributed by atoms with E-state index in [2.05, 4.69) is 4.74 Å². The second kappa shape index (κ2) is 7.16. The number of esters is 1. The van der Waals surface area contributed by atoms with E-state index in [0.717, 1.165) is 0 Å². The van der Waals surface area contributed by atoms with Crippen LogP contribution in [0.1, 0.15) is 15.9 Å². The summed E-state index contributed by atoms with van der Waals surface area (Å²) in [6.45, 7) is 0. The van der Waals surface area contributed by atoms with Crippen LogP contribution in [-0.4, -0.2) is 23.3 Å². The second-order valence-corrected chi connectivity index (χ2v) is 6.78. The lowest BCUT2D eigenvalue weighted by Gasteiger charge is -2.14. The molecule has 1 heterocycles. The van der Waals surface area contributed by atoms with Gasteiger partial charge in [0.1, 0.15) is 5.82 Å². The molecule has 0 unspecified atom stereocenters. The van der Waals surface area contributed by atoms with Crippen molar-refractivity contribution in [3.05, 3.63) is 70.4 Å². The second-order valence-electron chi connectivity index (χ2n) is 5.11. The Labute approximate surface area is 153 Å². The van der Waals surface area contributed by atoms with Crippen molar-refractivity contribution < 1.29 is 18.7 Å². The van der Waals surface area contributed by atoms with Crippen LogP contribution in [0.25, 0.3) is 6.08 Å². The molecule has 1 aliphatic rings. The predicted molar refractivity (Wildman–Crippen MR) is 99.8 cm³/mol. The maximum absolute atomic E-state index is 13.0. The van der Waals surface area contributed by atoms with Crippen LogP contribution in [0.15, 0.2) is 53.4 Å². The Bertz CT molecular complexity index is 876. The normalized spacial score (nSPS) is 15.8. The van der Waals surface area contributed by atoms with Gasteiger partial charge in [-0.3, -0.25) is 9.69 Å². The summed E-state index contributed by atoms with van der Waals surface area (Å²) in [5.74, 6) is -1.05. The molecule has 0 aliphatic carbocycles. The van der Waals surface area contributed by atoms with Gasteiger partial charge in [-0.1, -0.05) is 36.1 Å². The van der Waals surface area contributed by atoms with Gasteiger partial charge in [0, 0.05) is 0 Å². The fourth-order valence-corrected chi connectivity index (χ4v) is 3.56. The van der Waals surface area contributed by atoms with Crippen molar-refractivity contribution in [3.8, 4) is 0 Å². The quantitative estimate of drug-likeness (QED) is 0.462. The largest absolute Gasteiger partial charge is 0.465 e. The van der Waals surface area contributed by atoms with Crippen molar-refractivity contribution in [1.29, 1.82) is 0 Å². The highest BCUT2D eigenvalue weighted by atomic mass is 32.2. The van der Waals surface area contributed by atoms with Gasteiger partial charge in [0.15, 0.2) is 4.32 Å². The topological polar surface area (TPSA) is 46.6 Å². The molecular weight excluding hydrogens is 361 g/mol. The summed E-state index contributed by atoms with van der Waals surface area (Å²) in [4.78, 5) is 26.0. The molecule has 1 saturated heterocycles. The molecule has 3 rings (SSSR count). The highest BCUT2D eigenvalue weighted by molar-refractivity contribution is 8.27. The van der Waals surface area contributed by atoms with E-state index in [1.165, 1.54) is 35.9 Å². The van der Waals surface area contributed by atoms with Crippen LogP contribution in [0.5, 0.6) is 0 Å². The van der Waals surface area contributed by atoms with E-state index in [1.807, 2.05) is 0 Å². The first-order valence-corrected chi connectivity index (χ1v) is 8.44. The van der Waals surface area contributed by atoms with Crippen LogP contribution in [0.3, 0.4) is 0 Å². The van der Waals surface area contributed by atoms with Crippen molar-refractivity contribution in [2.75, 3.05) is 12.0 Å². The molecule has 0 atom stereocenters. The van der Waals surface area contributed by atoms with Gasteiger partial charge >= 0.3 is 5.97 Å².